The molecule has 0 N–H and O–H groups in total. The molecule has 0 aromatic heterocycles. The maximum absolute atomic E-state index is 3.74. The first kappa shape index (κ1) is 13.4. The molecule has 0 heterocycles. The number of hydrogen-bond donors (Lipinski definition) is 0. The smallest absolute Gasteiger partial charge is 0.0611 e. The summed E-state index contributed by atoms with van der Waals surface area (Å²) in [4.78, 5) is 2.49. The van der Waals surface area contributed by atoms with Gasteiger partial charge in [-0.2, -0.15) is 0 Å². The van der Waals surface area contributed by atoms with Crippen LogP contribution in [0.25, 0.3) is 0 Å². The second-order valence-corrected chi connectivity index (χ2v) is 6.05. The first-order chi connectivity index (χ1) is 9.84. The standard InChI is InChI=1S/C18H18BrN/c19-17-12-7-13-18(17)20(16-10-5-2-6-11-16)14-15-8-3-1-4-9-15/h1-6,8-12,18H,7,13-14H2. The van der Waals surface area contributed by atoms with Crippen molar-refractivity contribution in [2.45, 2.75) is 25.4 Å². The minimum absolute atomic E-state index is 0.456. The van der Waals surface area contributed by atoms with Crippen molar-refractivity contribution in [2.24, 2.45) is 0 Å². The summed E-state index contributed by atoms with van der Waals surface area (Å²) in [5.41, 5.74) is 2.64. The van der Waals surface area contributed by atoms with Crippen molar-refractivity contribution < 1.29 is 0 Å². The van der Waals surface area contributed by atoms with Crippen molar-refractivity contribution in [1.82, 2.24) is 0 Å². The highest BCUT2D eigenvalue weighted by Gasteiger charge is 2.24. The van der Waals surface area contributed by atoms with Crippen LogP contribution < -0.4 is 4.90 Å². The van der Waals surface area contributed by atoms with Gasteiger partial charge in [0, 0.05) is 16.7 Å². The zero-order valence-corrected chi connectivity index (χ0v) is 13.0. The molecule has 1 atom stereocenters. The third-order valence-corrected chi connectivity index (χ3v) is 4.61. The van der Waals surface area contributed by atoms with Crippen LogP contribution in [-0.2, 0) is 6.54 Å². The Hall–Kier alpha value is -1.54. The van der Waals surface area contributed by atoms with Crippen LogP contribution in [0.4, 0.5) is 5.69 Å². The Morgan fingerprint density at radius 3 is 2.20 bits per heavy atom. The number of halogens is 1. The molecule has 3 rings (SSSR count). The quantitative estimate of drug-likeness (QED) is 0.752. The van der Waals surface area contributed by atoms with Crippen LogP contribution in [0.15, 0.2) is 71.2 Å². The van der Waals surface area contributed by atoms with Crippen LogP contribution in [0, 0.1) is 0 Å². The molecule has 0 saturated heterocycles. The number of nitrogens with zero attached hydrogens (tertiary/aromatic N) is 1. The van der Waals surface area contributed by atoms with Gasteiger partial charge in [-0.15, -0.1) is 0 Å². The maximum atomic E-state index is 3.74. The summed E-state index contributed by atoms with van der Waals surface area (Å²) < 4.78 is 1.32. The van der Waals surface area contributed by atoms with E-state index in [4.69, 9.17) is 0 Å². The summed E-state index contributed by atoms with van der Waals surface area (Å²) in [6, 6.07) is 21.8. The van der Waals surface area contributed by atoms with E-state index in [0.717, 1.165) is 13.0 Å². The summed E-state index contributed by atoms with van der Waals surface area (Å²) in [6.07, 6.45) is 4.64. The largest absolute Gasteiger partial charge is 0.360 e. The zero-order chi connectivity index (χ0) is 13.8. The number of allylic oxidation sites excluding steroid dienone is 1. The molecule has 0 spiro atoms. The molecule has 1 aliphatic carbocycles. The molecule has 2 aromatic rings. The number of benzene rings is 2. The summed E-state index contributed by atoms with van der Waals surface area (Å²) in [5.74, 6) is 0. The van der Waals surface area contributed by atoms with Gasteiger partial charge in [-0.3, -0.25) is 0 Å². The van der Waals surface area contributed by atoms with Crippen LogP contribution in [0.5, 0.6) is 0 Å². The normalized spacial score (nSPS) is 17.9. The molecular weight excluding hydrogens is 310 g/mol. The van der Waals surface area contributed by atoms with Gasteiger partial charge in [-0.25, -0.2) is 0 Å². The fraction of sp³-hybridized carbons (Fsp3) is 0.222. The Bertz CT molecular complexity index is 577. The lowest BCUT2D eigenvalue weighted by Crippen LogP contribution is -2.33. The van der Waals surface area contributed by atoms with E-state index in [1.807, 2.05) is 0 Å². The van der Waals surface area contributed by atoms with Crippen LogP contribution >= 0.6 is 15.9 Å². The molecule has 0 bridgehead atoms. The van der Waals surface area contributed by atoms with Gasteiger partial charge in [0.2, 0.25) is 0 Å². The lowest BCUT2D eigenvalue weighted by molar-refractivity contribution is 0.662. The Morgan fingerprint density at radius 2 is 1.60 bits per heavy atom. The fourth-order valence-electron chi connectivity index (χ4n) is 2.74. The fourth-order valence-corrected chi connectivity index (χ4v) is 3.44. The van der Waals surface area contributed by atoms with Gasteiger partial charge in [0.25, 0.3) is 0 Å². The monoisotopic (exact) mass is 327 g/mol. The summed E-state index contributed by atoms with van der Waals surface area (Å²) in [5, 5.41) is 0. The number of hydrogen-bond acceptors (Lipinski definition) is 1. The maximum Gasteiger partial charge on any atom is 0.0611 e. The molecule has 1 unspecified atom stereocenters. The Labute approximate surface area is 129 Å². The van der Waals surface area contributed by atoms with Crippen LogP contribution in [0.3, 0.4) is 0 Å². The van der Waals surface area contributed by atoms with E-state index in [-0.39, 0.29) is 0 Å². The second-order valence-electron chi connectivity index (χ2n) is 5.13. The van der Waals surface area contributed by atoms with E-state index in [1.54, 1.807) is 0 Å². The molecule has 1 nitrogen and oxygen atoms in total. The van der Waals surface area contributed by atoms with Crippen molar-refractivity contribution in [2.75, 3.05) is 4.90 Å². The van der Waals surface area contributed by atoms with Crippen LogP contribution in [0.1, 0.15) is 18.4 Å². The molecule has 0 radical (unpaired) electrons. The summed E-state index contributed by atoms with van der Waals surface area (Å²) in [6.45, 7) is 0.943. The average Bonchev–Trinajstić information content (AvgIpc) is 2.93. The van der Waals surface area contributed by atoms with Crippen LogP contribution in [0.2, 0.25) is 0 Å². The average molecular weight is 328 g/mol. The van der Waals surface area contributed by atoms with Gasteiger partial charge >= 0.3 is 0 Å². The van der Waals surface area contributed by atoms with Gasteiger partial charge < -0.3 is 4.90 Å². The van der Waals surface area contributed by atoms with Gasteiger partial charge in [0.1, 0.15) is 0 Å². The van der Waals surface area contributed by atoms with E-state index in [2.05, 4.69) is 87.6 Å². The van der Waals surface area contributed by atoms with E-state index in [0.29, 0.717) is 6.04 Å². The summed E-state index contributed by atoms with van der Waals surface area (Å²) in [7, 11) is 0. The minimum Gasteiger partial charge on any atom is -0.360 e. The SMILES string of the molecule is BrC1=CCCC1N(Cc1ccccc1)c1ccccc1. The zero-order valence-electron chi connectivity index (χ0n) is 11.4. The van der Waals surface area contributed by atoms with Gasteiger partial charge in [-0.1, -0.05) is 70.5 Å². The predicted molar refractivity (Wildman–Crippen MR) is 89.1 cm³/mol. The van der Waals surface area contributed by atoms with E-state index >= 15 is 0 Å². The Balaban J connectivity index is 1.90. The lowest BCUT2D eigenvalue weighted by Gasteiger charge is -2.32. The Kier molecular flexibility index (Phi) is 4.22. The van der Waals surface area contributed by atoms with Crippen molar-refractivity contribution in [3.05, 3.63) is 76.8 Å². The Morgan fingerprint density at radius 1 is 0.950 bits per heavy atom. The molecule has 20 heavy (non-hydrogen) atoms. The van der Waals surface area contributed by atoms with E-state index < -0.39 is 0 Å². The third kappa shape index (κ3) is 2.96. The molecule has 2 aromatic carbocycles. The predicted octanol–water partition coefficient (Wildman–Crippen LogP) is 5.13. The highest BCUT2D eigenvalue weighted by molar-refractivity contribution is 9.11. The van der Waals surface area contributed by atoms with Gasteiger partial charge in [0.15, 0.2) is 0 Å². The topological polar surface area (TPSA) is 3.24 Å². The van der Waals surface area contributed by atoms with Gasteiger partial charge in [-0.05, 0) is 30.5 Å². The van der Waals surface area contributed by atoms with Crippen molar-refractivity contribution in [1.29, 1.82) is 0 Å². The summed E-state index contributed by atoms with van der Waals surface area (Å²) >= 11 is 3.74. The first-order valence-electron chi connectivity index (χ1n) is 7.06. The highest BCUT2D eigenvalue weighted by Crippen LogP contribution is 2.33. The molecule has 0 amide bonds. The number of anilines is 1. The molecule has 0 saturated carbocycles. The molecule has 102 valence electrons. The van der Waals surface area contributed by atoms with Crippen molar-refractivity contribution in [3.63, 3.8) is 0 Å². The molecular formula is C18H18BrN. The van der Waals surface area contributed by atoms with E-state index in [1.165, 1.54) is 22.2 Å². The van der Waals surface area contributed by atoms with Crippen molar-refractivity contribution >= 4 is 21.6 Å². The first-order valence-corrected chi connectivity index (χ1v) is 7.85. The van der Waals surface area contributed by atoms with Gasteiger partial charge in [0.05, 0.1) is 6.04 Å². The second kappa shape index (κ2) is 6.27. The molecule has 1 aliphatic rings. The highest BCUT2D eigenvalue weighted by atomic mass is 79.9. The number of para-hydroxylation sites is 1. The lowest BCUT2D eigenvalue weighted by atomic mass is 10.1. The molecule has 2 heteroatoms. The van der Waals surface area contributed by atoms with Crippen LogP contribution in [-0.4, -0.2) is 6.04 Å². The van der Waals surface area contributed by atoms with E-state index in [9.17, 15) is 0 Å². The molecule has 0 fully saturated rings. The number of rotatable bonds is 4. The van der Waals surface area contributed by atoms with Crippen molar-refractivity contribution in [3.8, 4) is 0 Å². The third-order valence-electron chi connectivity index (χ3n) is 3.76. The molecule has 0 aliphatic heterocycles. The minimum atomic E-state index is 0.456.